The van der Waals surface area contributed by atoms with E-state index in [0.29, 0.717) is 24.3 Å². The van der Waals surface area contributed by atoms with Crippen molar-refractivity contribution in [1.29, 1.82) is 0 Å². The second-order valence-electron chi connectivity index (χ2n) is 8.97. The van der Waals surface area contributed by atoms with E-state index >= 15 is 0 Å². The van der Waals surface area contributed by atoms with Crippen LogP contribution >= 0.6 is 0 Å². The molecule has 0 fully saturated rings. The molecule has 204 valence electrons. The Morgan fingerprint density at radius 3 is 2.46 bits per heavy atom. The highest BCUT2D eigenvalue weighted by atomic mass is 32.2. The van der Waals surface area contributed by atoms with E-state index in [1.165, 1.54) is 12.1 Å². The monoisotopic (exact) mass is 551 g/mol. The number of guanidine groups is 1. The third-order valence-corrected chi connectivity index (χ3v) is 7.77. The van der Waals surface area contributed by atoms with E-state index in [1.54, 1.807) is 36.4 Å². The molecule has 5 N–H and O–H groups in total. The Balaban J connectivity index is 1.33. The Kier molecular flexibility index (Phi) is 8.77. The fraction of sp³-hybridized carbons (Fsp3) is 0.259. The second-order valence-corrected chi connectivity index (χ2v) is 10.8. The fourth-order valence-corrected chi connectivity index (χ4v) is 5.24. The van der Waals surface area contributed by atoms with Gasteiger partial charge in [0, 0.05) is 37.0 Å². The van der Waals surface area contributed by atoms with Gasteiger partial charge in [-0.2, -0.15) is 0 Å². The van der Waals surface area contributed by atoms with Crippen LogP contribution in [0, 0.1) is 0 Å². The van der Waals surface area contributed by atoms with Gasteiger partial charge in [-0.15, -0.1) is 0 Å². The number of rotatable bonds is 10. The Labute approximate surface area is 225 Å². The van der Waals surface area contributed by atoms with Crippen LogP contribution < -0.4 is 20.7 Å². The van der Waals surface area contributed by atoms with E-state index in [-0.39, 0.29) is 23.6 Å². The van der Waals surface area contributed by atoms with Crippen LogP contribution in [0.25, 0.3) is 10.8 Å². The third kappa shape index (κ3) is 7.32. The van der Waals surface area contributed by atoms with Gasteiger partial charge in [-0.05, 0) is 42.0 Å². The number of aliphatic imine (C=N–C) groups is 1. The molecule has 1 heterocycles. The van der Waals surface area contributed by atoms with Gasteiger partial charge < -0.3 is 15.7 Å². The number of nitrogens with one attached hydrogen (secondary N) is 4. The van der Waals surface area contributed by atoms with Gasteiger partial charge in [0.05, 0.1) is 5.69 Å². The molecule has 0 spiro atoms. The Bertz CT molecular complexity index is 1500. The molecule has 2 amide bonds. The van der Waals surface area contributed by atoms with Crippen molar-refractivity contribution in [3.8, 4) is 0 Å². The van der Waals surface area contributed by atoms with Crippen LogP contribution in [0.1, 0.15) is 28.8 Å². The molecular weight excluding hydrogens is 522 g/mol. The van der Waals surface area contributed by atoms with Crippen molar-refractivity contribution in [1.82, 2.24) is 16.0 Å². The molecule has 0 aliphatic carbocycles. The largest absolute Gasteiger partial charge is 0.480 e. The number of aliphatic carboxylic acids is 1. The average molecular weight is 552 g/mol. The Hall–Kier alpha value is -4.45. The van der Waals surface area contributed by atoms with Crippen molar-refractivity contribution in [3.63, 3.8) is 0 Å². The number of amides is 2. The smallest absolute Gasteiger partial charge is 0.325 e. The minimum Gasteiger partial charge on any atom is -0.480 e. The standard InChI is InChI=1S/C27H29N5O6S/c33-24(31-27-28-15-4-16-29-27)14-11-18-9-12-20(13-10-18)25(34)30-17-23(26(35)36)39(37,38)32-22-8-3-6-19-5-1-2-7-21(19)22/h1-3,5-10,12-13,23,32H,4,11,14-17H2,(H,30,34)(H,35,36)(H2,28,29,31,33)/t23-/m0/s1. The van der Waals surface area contributed by atoms with E-state index in [4.69, 9.17) is 0 Å². The quantitative estimate of drug-likeness (QED) is 0.256. The minimum absolute atomic E-state index is 0.178. The summed E-state index contributed by atoms with van der Waals surface area (Å²) >= 11 is 0. The van der Waals surface area contributed by atoms with Crippen molar-refractivity contribution >= 4 is 50.2 Å². The number of anilines is 1. The number of carbonyl (C=O) groups is 3. The molecule has 39 heavy (non-hydrogen) atoms. The highest BCUT2D eigenvalue weighted by Crippen LogP contribution is 2.24. The molecule has 0 radical (unpaired) electrons. The summed E-state index contributed by atoms with van der Waals surface area (Å²) in [5.41, 5.74) is 1.30. The van der Waals surface area contributed by atoms with Crippen LogP contribution in [0.2, 0.25) is 0 Å². The first-order valence-electron chi connectivity index (χ1n) is 12.4. The van der Waals surface area contributed by atoms with Gasteiger partial charge in [-0.3, -0.25) is 29.4 Å². The SMILES string of the molecule is O=C(CCc1ccc(C(=O)NC[C@@H](C(=O)O)S(=O)(=O)Nc2cccc3ccccc23)cc1)NC1=NCCCN1. The molecule has 3 aromatic carbocycles. The summed E-state index contributed by atoms with van der Waals surface area (Å²) in [7, 11) is -4.39. The van der Waals surface area contributed by atoms with E-state index in [9.17, 15) is 27.9 Å². The van der Waals surface area contributed by atoms with E-state index in [2.05, 4.69) is 25.7 Å². The summed E-state index contributed by atoms with van der Waals surface area (Å²) in [6.07, 6.45) is 1.60. The molecule has 1 aliphatic rings. The molecule has 0 saturated carbocycles. The highest BCUT2D eigenvalue weighted by molar-refractivity contribution is 7.94. The van der Waals surface area contributed by atoms with Gasteiger partial charge in [0.15, 0.2) is 11.2 Å². The number of nitrogens with zero attached hydrogens (tertiary/aromatic N) is 1. The molecule has 0 aromatic heterocycles. The number of sulfonamides is 1. The summed E-state index contributed by atoms with van der Waals surface area (Å²) < 4.78 is 28.2. The van der Waals surface area contributed by atoms with Crippen molar-refractivity contribution in [2.45, 2.75) is 24.5 Å². The number of carboxylic acid groups (broad SMARTS) is 1. The van der Waals surface area contributed by atoms with Crippen LogP contribution in [-0.4, -0.2) is 62.2 Å². The van der Waals surface area contributed by atoms with Crippen LogP contribution in [0.15, 0.2) is 71.7 Å². The van der Waals surface area contributed by atoms with Gasteiger partial charge >= 0.3 is 5.97 Å². The van der Waals surface area contributed by atoms with E-state index in [0.717, 1.165) is 23.9 Å². The lowest BCUT2D eigenvalue weighted by atomic mass is 10.1. The summed E-state index contributed by atoms with van der Waals surface area (Å²) in [4.78, 5) is 40.8. The summed E-state index contributed by atoms with van der Waals surface area (Å²) in [6, 6.07) is 18.6. The minimum atomic E-state index is -4.39. The normalized spacial score (nSPS) is 14.0. The van der Waals surface area contributed by atoms with Crippen molar-refractivity contribution in [2.75, 3.05) is 24.4 Å². The lowest BCUT2D eigenvalue weighted by Gasteiger charge is -2.17. The summed E-state index contributed by atoms with van der Waals surface area (Å²) in [6.45, 7) is 0.808. The van der Waals surface area contributed by atoms with Crippen LogP contribution in [0.5, 0.6) is 0 Å². The molecule has 11 nitrogen and oxygen atoms in total. The molecule has 3 aromatic rings. The number of hydrogen-bond acceptors (Lipinski definition) is 7. The van der Waals surface area contributed by atoms with Gasteiger partial charge in [0.2, 0.25) is 15.9 Å². The zero-order valence-electron chi connectivity index (χ0n) is 21.0. The Morgan fingerprint density at radius 2 is 1.74 bits per heavy atom. The second kappa shape index (κ2) is 12.4. The lowest BCUT2D eigenvalue weighted by molar-refractivity contribution is -0.136. The first kappa shape index (κ1) is 27.6. The number of hydrogen-bond donors (Lipinski definition) is 5. The number of carbonyl (C=O) groups excluding carboxylic acids is 2. The molecule has 12 heteroatoms. The topological polar surface area (TPSA) is 166 Å². The maximum absolute atomic E-state index is 12.9. The summed E-state index contributed by atoms with van der Waals surface area (Å²) in [5.74, 6) is -1.91. The van der Waals surface area contributed by atoms with Gasteiger partial charge in [-0.1, -0.05) is 48.5 Å². The molecule has 0 saturated heterocycles. The zero-order valence-corrected chi connectivity index (χ0v) is 21.8. The van der Waals surface area contributed by atoms with Gasteiger partial charge in [0.1, 0.15) is 0 Å². The lowest BCUT2D eigenvalue weighted by Crippen LogP contribution is -2.44. The van der Waals surface area contributed by atoms with Crippen molar-refractivity contribution in [3.05, 3.63) is 77.9 Å². The number of carboxylic acids is 1. The zero-order chi connectivity index (χ0) is 27.8. The maximum Gasteiger partial charge on any atom is 0.325 e. The molecular formula is C27H29N5O6S. The Morgan fingerprint density at radius 1 is 1.00 bits per heavy atom. The van der Waals surface area contributed by atoms with E-state index in [1.807, 2.05) is 18.2 Å². The molecule has 0 bridgehead atoms. The number of fused-ring (bicyclic) bond motifs is 1. The first-order valence-corrected chi connectivity index (χ1v) is 13.9. The third-order valence-electron chi connectivity index (χ3n) is 6.15. The first-order chi connectivity index (χ1) is 18.7. The van der Waals surface area contributed by atoms with E-state index < -0.39 is 33.7 Å². The number of aryl methyl sites for hydroxylation is 1. The molecule has 4 rings (SSSR count). The van der Waals surface area contributed by atoms with Crippen molar-refractivity contribution < 1.29 is 27.9 Å². The predicted molar refractivity (Wildman–Crippen MR) is 148 cm³/mol. The molecule has 1 atom stereocenters. The maximum atomic E-state index is 12.9. The number of benzene rings is 3. The highest BCUT2D eigenvalue weighted by Gasteiger charge is 2.33. The fourth-order valence-electron chi connectivity index (χ4n) is 4.05. The van der Waals surface area contributed by atoms with Gasteiger partial charge in [-0.25, -0.2) is 8.42 Å². The molecule has 1 aliphatic heterocycles. The van der Waals surface area contributed by atoms with Crippen LogP contribution in [0.3, 0.4) is 0 Å². The van der Waals surface area contributed by atoms with Crippen LogP contribution in [0.4, 0.5) is 5.69 Å². The average Bonchev–Trinajstić information content (AvgIpc) is 2.92. The molecule has 0 unspecified atom stereocenters. The predicted octanol–water partition coefficient (Wildman–Crippen LogP) is 1.86. The summed E-state index contributed by atoms with van der Waals surface area (Å²) in [5, 5.41) is 17.3. The van der Waals surface area contributed by atoms with Gasteiger partial charge in [0.25, 0.3) is 5.91 Å². The van der Waals surface area contributed by atoms with Crippen molar-refractivity contribution in [2.24, 2.45) is 4.99 Å². The van der Waals surface area contributed by atoms with Crippen LogP contribution in [-0.2, 0) is 26.0 Å².